The van der Waals surface area contributed by atoms with Crippen molar-refractivity contribution in [1.82, 2.24) is 20.5 Å². The summed E-state index contributed by atoms with van der Waals surface area (Å²) >= 11 is 1.78. The molecule has 0 saturated heterocycles. The Morgan fingerprint density at radius 1 is 1.25 bits per heavy atom. The lowest BCUT2D eigenvalue weighted by Crippen LogP contribution is -2.37. The second-order valence-electron chi connectivity index (χ2n) is 6.44. The molecule has 0 atom stereocenters. The van der Waals surface area contributed by atoms with Crippen molar-refractivity contribution in [2.45, 2.75) is 26.3 Å². The van der Waals surface area contributed by atoms with Crippen LogP contribution in [0.25, 0.3) is 0 Å². The lowest BCUT2D eigenvalue weighted by molar-refractivity contribution is 0.259. The van der Waals surface area contributed by atoms with Gasteiger partial charge in [-0.05, 0) is 26.6 Å². The normalized spacial score (nSPS) is 11.2. The number of likely N-dealkylation sites (N-methyl/N-ethyl adjacent to an activating group) is 1. The number of thiazole rings is 1. The van der Waals surface area contributed by atoms with Crippen LogP contribution in [0.3, 0.4) is 0 Å². The summed E-state index contributed by atoms with van der Waals surface area (Å²) in [6.07, 6.45) is 3.92. The van der Waals surface area contributed by atoms with Gasteiger partial charge in [-0.15, -0.1) is 35.3 Å². The fourth-order valence-electron chi connectivity index (χ4n) is 2.44. The quantitative estimate of drug-likeness (QED) is 0.288. The molecule has 1 heterocycles. The second kappa shape index (κ2) is 13.7. The Morgan fingerprint density at radius 2 is 2.04 bits per heavy atom. The molecule has 1 aromatic heterocycles. The average Bonchev–Trinajstić information content (AvgIpc) is 3.13. The first kappa shape index (κ1) is 24.6. The highest BCUT2D eigenvalue weighted by Gasteiger charge is 2.06. The molecular weight excluding hydrogens is 485 g/mol. The summed E-state index contributed by atoms with van der Waals surface area (Å²) in [6, 6.07) is 8.11. The predicted molar refractivity (Wildman–Crippen MR) is 129 cm³/mol. The number of nitrogens with zero attached hydrogens (tertiary/aromatic N) is 3. The number of aryl methyl sites for hydroxylation is 1. The van der Waals surface area contributed by atoms with Crippen molar-refractivity contribution in [3.8, 4) is 5.75 Å². The zero-order valence-corrected chi connectivity index (χ0v) is 20.3. The van der Waals surface area contributed by atoms with Crippen molar-refractivity contribution in [1.29, 1.82) is 0 Å². The van der Waals surface area contributed by atoms with Gasteiger partial charge in [-0.3, -0.25) is 4.99 Å². The molecule has 0 radical (unpaired) electrons. The number of aromatic nitrogens is 1. The van der Waals surface area contributed by atoms with Crippen molar-refractivity contribution < 1.29 is 4.74 Å². The number of para-hydroxylation sites is 1. The third-order valence-electron chi connectivity index (χ3n) is 4.02. The Hall–Kier alpha value is -1.39. The minimum absolute atomic E-state index is 0. The molecule has 0 unspecified atom stereocenters. The number of benzene rings is 1. The Labute approximate surface area is 189 Å². The van der Waals surface area contributed by atoms with E-state index in [1.54, 1.807) is 18.4 Å². The average molecular weight is 517 g/mol. The van der Waals surface area contributed by atoms with Crippen LogP contribution < -0.4 is 15.4 Å². The van der Waals surface area contributed by atoms with Crippen LogP contribution in [0.1, 0.15) is 22.4 Å². The van der Waals surface area contributed by atoms with E-state index in [2.05, 4.69) is 38.5 Å². The maximum absolute atomic E-state index is 5.92. The van der Waals surface area contributed by atoms with Crippen molar-refractivity contribution in [3.05, 3.63) is 45.9 Å². The van der Waals surface area contributed by atoms with E-state index in [1.807, 2.05) is 38.5 Å². The fourth-order valence-corrected chi connectivity index (χ4v) is 3.31. The molecular formula is C20H32IN5OS. The van der Waals surface area contributed by atoms with E-state index < -0.39 is 0 Å². The third kappa shape index (κ3) is 8.74. The number of halogens is 1. The van der Waals surface area contributed by atoms with Gasteiger partial charge >= 0.3 is 0 Å². The SMILES string of the molecule is CCc1cnc(CCNC(=NC)NCc2ccccc2OCCN(C)C)s1.I. The van der Waals surface area contributed by atoms with Crippen molar-refractivity contribution in [2.75, 3.05) is 40.8 Å². The van der Waals surface area contributed by atoms with Gasteiger partial charge in [0, 0.05) is 49.7 Å². The molecule has 0 saturated carbocycles. The van der Waals surface area contributed by atoms with Crippen LogP contribution in [0.15, 0.2) is 35.5 Å². The summed E-state index contributed by atoms with van der Waals surface area (Å²) in [7, 11) is 5.87. The van der Waals surface area contributed by atoms with Gasteiger partial charge in [0.15, 0.2) is 5.96 Å². The van der Waals surface area contributed by atoms with E-state index in [4.69, 9.17) is 4.74 Å². The smallest absolute Gasteiger partial charge is 0.191 e. The van der Waals surface area contributed by atoms with Crippen LogP contribution in [0.5, 0.6) is 5.75 Å². The van der Waals surface area contributed by atoms with Crippen molar-refractivity contribution in [3.63, 3.8) is 0 Å². The number of hydrogen-bond acceptors (Lipinski definition) is 5. The maximum Gasteiger partial charge on any atom is 0.191 e. The summed E-state index contributed by atoms with van der Waals surface area (Å²) in [5.41, 5.74) is 1.12. The monoisotopic (exact) mass is 517 g/mol. The zero-order chi connectivity index (χ0) is 19.5. The molecule has 0 aliphatic carbocycles. The van der Waals surface area contributed by atoms with E-state index in [0.29, 0.717) is 13.2 Å². The van der Waals surface area contributed by atoms with E-state index in [9.17, 15) is 0 Å². The molecule has 0 aliphatic heterocycles. The minimum Gasteiger partial charge on any atom is -0.492 e. The Balaban J connectivity index is 0.00000392. The fraction of sp³-hybridized carbons (Fsp3) is 0.500. The van der Waals surface area contributed by atoms with Gasteiger partial charge in [-0.1, -0.05) is 25.1 Å². The molecule has 156 valence electrons. The van der Waals surface area contributed by atoms with Gasteiger partial charge in [0.25, 0.3) is 0 Å². The molecule has 6 nitrogen and oxygen atoms in total. The number of nitrogens with one attached hydrogen (secondary N) is 2. The molecule has 0 bridgehead atoms. The second-order valence-corrected chi connectivity index (χ2v) is 7.64. The van der Waals surface area contributed by atoms with Crippen LogP contribution in [0, 0.1) is 0 Å². The molecule has 0 spiro atoms. The van der Waals surface area contributed by atoms with Crippen molar-refractivity contribution in [2.24, 2.45) is 4.99 Å². The molecule has 28 heavy (non-hydrogen) atoms. The van der Waals surface area contributed by atoms with Gasteiger partial charge in [0.1, 0.15) is 12.4 Å². The van der Waals surface area contributed by atoms with Gasteiger partial charge in [-0.25, -0.2) is 4.98 Å². The topological polar surface area (TPSA) is 61.8 Å². The predicted octanol–water partition coefficient (Wildman–Crippen LogP) is 3.17. The first-order valence-corrected chi connectivity index (χ1v) is 10.2. The van der Waals surface area contributed by atoms with Crippen LogP contribution in [-0.4, -0.2) is 56.7 Å². The number of rotatable bonds is 10. The number of hydrogen-bond donors (Lipinski definition) is 2. The molecule has 0 aliphatic rings. The van der Waals surface area contributed by atoms with Crippen LogP contribution >= 0.6 is 35.3 Å². The molecule has 2 rings (SSSR count). The van der Waals surface area contributed by atoms with Crippen LogP contribution in [-0.2, 0) is 19.4 Å². The highest BCUT2D eigenvalue weighted by molar-refractivity contribution is 14.0. The molecule has 2 N–H and O–H groups in total. The van der Waals surface area contributed by atoms with Crippen LogP contribution in [0.4, 0.5) is 0 Å². The number of aliphatic imine (C=N–C) groups is 1. The highest BCUT2D eigenvalue weighted by Crippen LogP contribution is 2.17. The summed E-state index contributed by atoms with van der Waals surface area (Å²) in [5, 5.41) is 7.87. The van der Waals surface area contributed by atoms with Crippen LogP contribution in [0.2, 0.25) is 0 Å². The van der Waals surface area contributed by atoms with E-state index in [0.717, 1.165) is 48.2 Å². The molecule has 0 fully saturated rings. The van der Waals surface area contributed by atoms with E-state index >= 15 is 0 Å². The molecule has 2 aromatic rings. The summed E-state index contributed by atoms with van der Waals surface area (Å²) in [6.45, 7) is 5.18. The molecule has 1 aromatic carbocycles. The van der Waals surface area contributed by atoms with E-state index in [-0.39, 0.29) is 24.0 Å². The number of ether oxygens (including phenoxy) is 1. The van der Waals surface area contributed by atoms with Gasteiger partial charge in [0.2, 0.25) is 0 Å². The standard InChI is InChI=1S/C20H31N5OS.HI/c1-5-17-15-23-19(27-17)10-11-22-20(21-2)24-14-16-8-6-7-9-18(16)26-13-12-25(3)4;/h6-9,15H,5,10-14H2,1-4H3,(H2,21,22,24);1H. The Kier molecular flexibility index (Phi) is 12.1. The first-order valence-electron chi connectivity index (χ1n) is 9.36. The summed E-state index contributed by atoms with van der Waals surface area (Å²) < 4.78 is 5.92. The lowest BCUT2D eigenvalue weighted by Gasteiger charge is -2.16. The van der Waals surface area contributed by atoms with Gasteiger partial charge in [0.05, 0.1) is 5.01 Å². The largest absolute Gasteiger partial charge is 0.492 e. The number of guanidine groups is 1. The minimum atomic E-state index is 0. The van der Waals surface area contributed by atoms with Crippen molar-refractivity contribution >= 4 is 41.3 Å². The maximum atomic E-state index is 5.92. The summed E-state index contributed by atoms with van der Waals surface area (Å²) in [5.74, 6) is 1.70. The Morgan fingerprint density at radius 3 is 2.71 bits per heavy atom. The Bertz CT molecular complexity index is 720. The lowest BCUT2D eigenvalue weighted by atomic mass is 10.2. The molecule has 8 heteroatoms. The first-order chi connectivity index (χ1) is 13.1. The summed E-state index contributed by atoms with van der Waals surface area (Å²) in [4.78, 5) is 12.2. The zero-order valence-electron chi connectivity index (χ0n) is 17.2. The molecule has 0 amide bonds. The van der Waals surface area contributed by atoms with E-state index in [1.165, 1.54) is 4.88 Å². The third-order valence-corrected chi connectivity index (χ3v) is 5.22. The van der Waals surface area contributed by atoms with Gasteiger partial charge < -0.3 is 20.3 Å². The van der Waals surface area contributed by atoms with Gasteiger partial charge in [-0.2, -0.15) is 0 Å². The highest BCUT2D eigenvalue weighted by atomic mass is 127.